The Bertz CT molecular complexity index is 170. The van der Waals surface area contributed by atoms with Crippen molar-refractivity contribution in [3.8, 4) is 0 Å². The Labute approximate surface area is 60.5 Å². The lowest BCUT2D eigenvalue weighted by Crippen LogP contribution is -2.08. The second kappa shape index (κ2) is 3.05. The molecule has 0 saturated heterocycles. The van der Waals surface area contributed by atoms with Crippen LogP contribution in [0.1, 0.15) is 6.92 Å². The van der Waals surface area contributed by atoms with Gasteiger partial charge in [0, 0.05) is 6.08 Å². The molecule has 0 aromatic carbocycles. The Morgan fingerprint density at radius 1 is 1.50 bits per heavy atom. The van der Waals surface area contributed by atoms with Crippen molar-refractivity contribution in [2.45, 2.75) is 13.1 Å². The van der Waals surface area contributed by atoms with E-state index in [4.69, 9.17) is 0 Å². The number of rotatable bonds is 1. The summed E-state index contributed by atoms with van der Waals surface area (Å²) in [5.41, 5.74) is 0. The molecule has 0 atom stereocenters. The van der Waals surface area contributed by atoms with Gasteiger partial charge in [-0.3, -0.25) is 4.79 Å². The van der Waals surface area contributed by atoms with E-state index in [-0.39, 0.29) is 0 Å². The molecule has 0 aromatic rings. The number of carbonyl (C=O) groups is 1. The van der Waals surface area contributed by atoms with Crippen LogP contribution in [0.5, 0.6) is 0 Å². The van der Waals surface area contributed by atoms with Gasteiger partial charge < -0.3 is 0 Å². The molecule has 0 amide bonds. The van der Waals surface area contributed by atoms with Gasteiger partial charge in [0.25, 0.3) is 0 Å². The highest BCUT2D eigenvalue weighted by molar-refractivity contribution is 6.31. The Kier molecular flexibility index (Phi) is 2.90. The van der Waals surface area contributed by atoms with Crippen molar-refractivity contribution >= 4 is 17.4 Å². The zero-order valence-corrected chi connectivity index (χ0v) is 5.75. The fourth-order valence-corrected chi connectivity index (χ4v) is 0.414. The zero-order chi connectivity index (χ0) is 8.36. The van der Waals surface area contributed by atoms with Gasteiger partial charge >= 0.3 is 6.18 Å². The number of carbonyl (C=O) groups excluding carboxylic acids is 1. The summed E-state index contributed by atoms with van der Waals surface area (Å²) in [6.45, 7) is 0.994. The fraction of sp³-hybridized carbons (Fsp3) is 0.400. The van der Waals surface area contributed by atoms with Crippen molar-refractivity contribution < 1.29 is 18.0 Å². The standard InChI is InChI=1S/C5H4ClF3O/c1-3(10)2-4(6)5(7,8)9/h2H,1H3/b4-2-. The van der Waals surface area contributed by atoms with Crippen LogP contribution in [0.4, 0.5) is 13.2 Å². The van der Waals surface area contributed by atoms with E-state index in [2.05, 4.69) is 11.6 Å². The number of alkyl halides is 3. The minimum atomic E-state index is -4.60. The summed E-state index contributed by atoms with van der Waals surface area (Å²) >= 11 is 4.67. The predicted octanol–water partition coefficient (Wildman–Crippen LogP) is 2.26. The smallest absolute Gasteiger partial charge is 0.295 e. The van der Waals surface area contributed by atoms with E-state index in [1.165, 1.54) is 0 Å². The van der Waals surface area contributed by atoms with Gasteiger partial charge in [0.1, 0.15) is 5.03 Å². The number of ketones is 1. The first kappa shape index (κ1) is 9.49. The molecule has 5 heteroatoms. The lowest BCUT2D eigenvalue weighted by Gasteiger charge is -2.01. The summed E-state index contributed by atoms with van der Waals surface area (Å²) in [6.07, 6.45) is -4.27. The molecule has 0 heterocycles. The normalized spacial score (nSPS) is 13.5. The largest absolute Gasteiger partial charge is 0.427 e. The SMILES string of the molecule is CC(=O)/C=C(\Cl)C(F)(F)F. The highest BCUT2D eigenvalue weighted by atomic mass is 35.5. The first-order chi connectivity index (χ1) is 4.34. The summed E-state index contributed by atoms with van der Waals surface area (Å²) < 4.78 is 34.4. The van der Waals surface area contributed by atoms with Crippen LogP contribution < -0.4 is 0 Å². The maximum Gasteiger partial charge on any atom is 0.427 e. The first-order valence-corrected chi connectivity index (χ1v) is 2.67. The van der Waals surface area contributed by atoms with Crippen LogP contribution in [0, 0.1) is 0 Å². The predicted molar refractivity (Wildman–Crippen MR) is 30.7 cm³/mol. The van der Waals surface area contributed by atoms with E-state index in [9.17, 15) is 18.0 Å². The van der Waals surface area contributed by atoms with E-state index in [1.807, 2.05) is 0 Å². The third-order valence-corrected chi connectivity index (χ3v) is 0.924. The number of hydrogen-bond acceptors (Lipinski definition) is 1. The minimum Gasteiger partial charge on any atom is -0.295 e. The zero-order valence-electron chi connectivity index (χ0n) is 5.00. The molecule has 0 N–H and O–H groups in total. The number of halogens is 4. The van der Waals surface area contributed by atoms with Crippen LogP contribution in [-0.4, -0.2) is 12.0 Å². The van der Waals surface area contributed by atoms with Crippen LogP contribution in [0.25, 0.3) is 0 Å². The average Bonchev–Trinajstić information content (AvgIpc) is 1.60. The van der Waals surface area contributed by atoms with Crippen LogP contribution >= 0.6 is 11.6 Å². The van der Waals surface area contributed by atoms with Crippen molar-refractivity contribution in [1.29, 1.82) is 0 Å². The topological polar surface area (TPSA) is 17.1 Å². The Balaban J connectivity index is 4.35. The van der Waals surface area contributed by atoms with Crippen LogP contribution in [0.3, 0.4) is 0 Å². The summed E-state index contributed by atoms with van der Waals surface area (Å²) in [5, 5.41) is -1.39. The van der Waals surface area contributed by atoms with Crippen molar-refractivity contribution in [1.82, 2.24) is 0 Å². The Morgan fingerprint density at radius 2 is 1.90 bits per heavy atom. The third kappa shape index (κ3) is 3.50. The molecule has 0 spiro atoms. The second-order valence-electron chi connectivity index (χ2n) is 1.60. The monoisotopic (exact) mass is 172 g/mol. The molecule has 0 rings (SSSR count). The van der Waals surface area contributed by atoms with Gasteiger partial charge in [0.15, 0.2) is 5.78 Å². The lowest BCUT2D eigenvalue weighted by molar-refractivity contribution is -0.113. The molecule has 58 valence electrons. The fourth-order valence-electron chi connectivity index (χ4n) is 0.260. The summed E-state index contributed by atoms with van der Waals surface area (Å²) in [7, 11) is 0. The molecular formula is C5H4ClF3O. The maximum absolute atomic E-state index is 11.5. The second-order valence-corrected chi connectivity index (χ2v) is 2.01. The van der Waals surface area contributed by atoms with Crippen molar-refractivity contribution in [3.63, 3.8) is 0 Å². The van der Waals surface area contributed by atoms with E-state index in [0.717, 1.165) is 6.92 Å². The van der Waals surface area contributed by atoms with Gasteiger partial charge in [-0.1, -0.05) is 11.6 Å². The van der Waals surface area contributed by atoms with Crippen LogP contribution in [-0.2, 0) is 4.79 Å². The molecular weight excluding hydrogens is 169 g/mol. The molecule has 0 bridgehead atoms. The molecule has 1 nitrogen and oxygen atoms in total. The molecule has 0 unspecified atom stereocenters. The van der Waals surface area contributed by atoms with E-state index < -0.39 is 17.0 Å². The molecule has 0 aliphatic carbocycles. The highest BCUT2D eigenvalue weighted by Gasteiger charge is 2.32. The lowest BCUT2D eigenvalue weighted by atomic mass is 10.4. The average molecular weight is 173 g/mol. The molecule has 0 saturated carbocycles. The molecule has 0 fully saturated rings. The van der Waals surface area contributed by atoms with Gasteiger partial charge in [0.2, 0.25) is 0 Å². The first-order valence-electron chi connectivity index (χ1n) is 2.29. The Morgan fingerprint density at radius 3 is 2.00 bits per heavy atom. The molecule has 0 aliphatic heterocycles. The molecule has 0 aliphatic rings. The van der Waals surface area contributed by atoms with Gasteiger partial charge in [-0.15, -0.1) is 0 Å². The number of hydrogen-bond donors (Lipinski definition) is 0. The number of allylic oxidation sites excluding steroid dienone is 2. The quantitative estimate of drug-likeness (QED) is 0.555. The van der Waals surface area contributed by atoms with E-state index >= 15 is 0 Å². The van der Waals surface area contributed by atoms with Crippen LogP contribution in [0.2, 0.25) is 0 Å². The highest BCUT2D eigenvalue weighted by Crippen LogP contribution is 2.28. The van der Waals surface area contributed by atoms with E-state index in [0.29, 0.717) is 6.08 Å². The molecule has 0 radical (unpaired) electrons. The summed E-state index contributed by atoms with van der Waals surface area (Å²) in [6, 6.07) is 0. The van der Waals surface area contributed by atoms with Crippen molar-refractivity contribution in [2.75, 3.05) is 0 Å². The van der Waals surface area contributed by atoms with Gasteiger partial charge in [-0.2, -0.15) is 13.2 Å². The summed E-state index contributed by atoms with van der Waals surface area (Å²) in [5.74, 6) is -0.720. The summed E-state index contributed by atoms with van der Waals surface area (Å²) in [4.78, 5) is 10.0. The maximum atomic E-state index is 11.5. The van der Waals surface area contributed by atoms with Gasteiger partial charge in [-0.25, -0.2) is 0 Å². The Hall–Kier alpha value is -0.510. The van der Waals surface area contributed by atoms with E-state index in [1.54, 1.807) is 0 Å². The van der Waals surface area contributed by atoms with Crippen molar-refractivity contribution in [3.05, 3.63) is 11.1 Å². The van der Waals surface area contributed by atoms with Crippen molar-refractivity contribution in [2.24, 2.45) is 0 Å². The minimum absolute atomic E-state index is 0.335. The molecule has 10 heavy (non-hydrogen) atoms. The van der Waals surface area contributed by atoms with Gasteiger partial charge in [0.05, 0.1) is 0 Å². The van der Waals surface area contributed by atoms with Gasteiger partial charge in [-0.05, 0) is 6.92 Å². The third-order valence-electron chi connectivity index (χ3n) is 0.601. The molecule has 0 aromatic heterocycles. The van der Waals surface area contributed by atoms with Crippen LogP contribution in [0.15, 0.2) is 11.1 Å².